The first-order valence-electron chi connectivity index (χ1n) is 3.67. The molecule has 0 radical (unpaired) electrons. The van der Waals surface area contributed by atoms with Gasteiger partial charge in [-0.3, -0.25) is 0 Å². The maximum absolute atomic E-state index is 10.4. The second kappa shape index (κ2) is 1.96. The third-order valence-corrected chi connectivity index (χ3v) is 2.69. The zero-order chi connectivity index (χ0) is 8.01. The molecule has 4 nitrogen and oxygen atoms in total. The molecule has 11 heavy (non-hydrogen) atoms. The number of carbonyl (C=O) groups is 2. The summed E-state index contributed by atoms with van der Waals surface area (Å²) in [5, 5.41) is 8.55. The fraction of sp³-hybridized carbons (Fsp3) is 0.714. The number of aldehydes is 1. The molecule has 1 amide bonds. The molecule has 4 heteroatoms. The van der Waals surface area contributed by atoms with Gasteiger partial charge in [0.1, 0.15) is 6.29 Å². The van der Waals surface area contributed by atoms with Gasteiger partial charge in [0.2, 0.25) is 0 Å². The SMILES string of the molecule is O=C[C@H]1[C@H]2CN(C(=O)O)C[C@@H]12. The van der Waals surface area contributed by atoms with Gasteiger partial charge >= 0.3 is 6.09 Å². The maximum Gasteiger partial charge on any atom is 0.407 e. The summed E-state index contributed by atoms with van der Waals surface area (Å²) >= 11 is 0. The van der Waals surface area contributed by atoms with Crippen LogP contribution >= 0.6 is 0 Å². The second-order valence-electron chi connectivity index (χ2n) is 3.23. The van der Waals surface area contributed by atoms with E-state index >= 15 is 0 Å². The molecule has 2 fully saturated rings. The number of fused-ring (bicyclic) bond motifs is 1. The van der Waals surface area contributed by atoms with Crippen LogP contribution in [0.3, 0.4) is 0 Å². The number of carbonyl (C=O) groups excluding carboxylic acids is 1. The zero-order valence-electron chi connectivity index (χ0n) is 5.93. The second-order valence-corrected chi connectivity index (χ2v) is 3.23. The van der Waals surface area contributed by atoms with Crippen LogP contribution in [0.5, 0.6) is 0 Å². The Balaban J connectivity index is 1.94. The Kier molecular flexibility index (Phi) is 1.19. The van der Waals surface area contributed by atoms with E-state index in [1.54, 1.807) is 0 Å². The smallest absolute Gasteiger partial charge is 0.407 e. The van der Waals surface area contributed by atoms with Crippen LogP contribution in [0.25, 0.3) is 0 Å². The lowest BCUT2D eigenvalue weighted by Crippen LogP contribution is -2.29. The molecule has 0 unspecified atom stereocenters. The summed E-state index contributed by atoms with van der Waals surface area (Å²) in [4.78, 5) is 22.1. The van der Waals surface area contributed by atoms with Gasteiger partial charge in [0, 0.05) is 19.0 Å². The van der Waals surface area contributed by atoms with Crippen LogP contribution in [-0.2, 0) is 4.79 Å². The third-order valence-electron chi connectivity index (χ3n) is 2.69. The van der Waals surface area contributed by atoms with Crippen LogP contribution in [-0.4, -0.2) is 35.5 Å². The molecule has 2 aliphatic rings. The Morgan fingerprint density at radius 3 is 2.36 bits per heavy atom. The van der Waals surface area contributed by atoms with Crippen molar-refractivity contribution in [1.29, 1.82) is 0 Å². The van der Waals surface area contributed by atoms with Gasteiger partial charge in [-0.2, -0.15) is 0 Å². The molecule has 0 aromatic carbocycles. The van der Waals surface area contributed by atoms with E-state index in [-0.39, 0.29) is 5.92 Å². The van der Waals surface area contributed by atoms with Crippen LogP contribution in [0, 0.1) is 17.8 Å². The molecule has 1 aliphatic carbocycles. The van der Waals surface area contributed by atoms with E-state index in [2.05, 4.69) is 0 Å². The Hall–Kier alpha value is -1.06. The van der Waals surface area contributed by atoms with Crippen molar-refractivity contribution in [3.63, 3.8) is 0 Å². The molecule has 0 spiro atoms. The van der Waals surface area contributed by atoms with Crippen LogP contribution in [0.1, 0.15) is 0 Å². The van der Waals surface area contributed by atoms with Gasteiger partial charge in [-0.1, -0.05) is 0 Å². The molecular formula is C7H9NO3. The summed E-state index contributed by atoms with van der Waals surface area (Å²) in [6.45, 7) is 1.12. The highest BCUT2D eigenvalue weighted by Crippen LogP contribution is 2.50. The number of piperidine rings is 1. The first kappa shape index (κ1) is 6.64. The van der Waals surface area contributed by atoms with Crippen LogP contribution in [0.2, 0.25) is 0 Å². The lowest BCUT2D eigenvalue weighted by Gasteiger charge is -2.13. The Morgan fingerprint density at radius 1 is 1.45 bits per heavy atom. The highest BCUT2D eigenvalue weighted by atomic mass is 16.4. The third kappa shape index (κ3) is 0.818. The molecule has 0 aromatic heterocycles. The molecule has 2 rings (SSSR count). The van der Waals surface area contributed by atoms with Crippen molar-refractivity contribution in [1.82, 2.24) is 4.90 Å². The summed E-state index contributed by atoms with van der Waals surface area (Å²) in [6.07, 6.45) is 0.0935. The highest BCUT2D eigenvalue weighted by Gasteiger charge is 2.56. The van der Waals surface area contributed by atoms with Crippen molar-refractivity contribution in [2.75, 3.05) is 13.1 Å². The molecule has 3 atom stereocenters. The van der Waals surface area contributed by atoms with E-state index in [4.69, 9.17) is 5.11 Å². The standard InChI is InChI=1S/C7H9NO3/c9-3-6-4-1-8(7(10)11)2-5(4)6/h3-6H,1-2H2,(H,10,11)/t4-,5+,6-. The highest BCUT2D eigenvalue weighted by molar-refractivity contribution is 5.68. The molecule has 1 aliphatic heterocycles. The summed E-state index contributed by atoms with van der Waals surface area (Å²) in [6, 6.07) is 0. The summed E-state index contributed by atoms with van der Waals surface area (Å²) in [7, 11) is 0. The summed E-state index contributed by atoms with van der Waals surface area (Å²) < 4.78 is 0. The quantitative estimate of drug-likeness (QED) is 0.544. The average molecular weight is 155 g/mol. The fourth-order valence-electron chi connectivity index (χ4n) is 1.93. The summed E-state index contributed by atoms with van der Waals surface area (Å²) in [5.41, 5.74) is 0. The number of hydrogen-bond acceptors (Lipinski definition) is 2. The van der Waals surface area contributed by atoms with E-state index in [0.717, 1.165) is 6.29 Å². The zero-order valence-corrected chi connectivity index (χ0v) is 5.93. The van der Waals surface area contributed by atoms with Gasteiger partial charge in [0.05, 0.1) is 0 Å². The normalized spacial score (nSPS) is 40.0. The minimum atomic E-state index is -0.859. The van der Waals surface area contributed by atoms with Crippen molar-refractivity contribution in [2.45, 2.75) is 0 Å². The fourth-order valence-corrected chi connectivity index (χ4v) is 1.93. The van der Waals surface area contributed by atoms with Crippen LogP contribution in [0.4, 0.5) is 4.79 Å². The molecule has 60 valence electrons. The average Bonchev–Trinajstić information content (AvgIpc) is 2.41. The first-order valence-corrected chi connectivity index (χ1v) is 3.67. The molecule has 1 saturated carbocycles. The van der Waals surface area contributed by atoms with Crippen molar-refractivity contribution >= 4 is 12.4 Å². The van der Waals surface area contributed by atoms with Crippen LogP contribution < -0.4 is 0 Å². The lowest BCUT2D eigenvalue weighted by molar-refractivity contribution is -0.109. The van der Waals surface area contributed by atoms with Gasteiger partial charge in [-0.25, -0.2) is 4.79 Å². The molecule has 0 aromatic rings. The molecular weight excluding hydrogens is 146 g/mol. The minimum Gasteiger partial charge on any atom is -0.465 e. The summed E-state index contributed by atoms with van der Waals surface area (Å²) in [5.74, 6) is 0.831. The number of rotatable bonds is 1. The van der Waals surface area contributed by atoms with E-state index in [9.17, 15) is 9.59 Å². The van der Waals surface area contributed by atoms with E-state index in [1.165, 1.54) is 4.90 Å². The Morgan fingerprint density at radius 2 is 2.00 bits per heavy atom. The van der Waals surface area contributed by atoms with E-state index < -0.39 is 6.09 Å². The molecule has 1 heterocycles. The number of amides is 1. The van der Waals surface area contributed by atoms with Crippen molar-refractivity contribution in [3.8, 4) is 0 Å². The lowest BCUT2D eigenvalue weighted by atomic mass is 10.3. The monoisotopic (exact) mass is 155 g/mol. The van der Waals surface area contributed by atoms with Crippen molar-refractivity contribution < 1.29 is 14.7 Å². The predicted molar refractivity (Wildman–Crippen MR) is 36.1 cm³/mol. The molecule has 1 saturated heterocycles. The topological polar surface area (TPSA) is 57.6 Å². The van der Waals surface area contributed by atoms with Crippen molar-refractivity contribution in [2.24, 2.45) is 17.8 Å². The number of likely N-dealkylation sites (tertiary alicyclic amines) is 1. The first-order chi connectivity index (χ1) is 5.24. The van der Waals surface area contributed by atoms with E-state index in [1.807, 2.05) is 0 Å². The number of nitrogens with zero attached hydrogens (tertiary/aromatic N) is 1. The van der Waals surface area contributed by atoms with Gasteiger partial charge in [-0.05, 0) is 11.8 Å². The number of carboxylic acid groups (broad SMARTS) is 1. The van der Waals surface area contributed by atoms with Crippen LogP contribution in [0.15, 0.2) is 0 Å². The predicted octanol–water partition coefficient (Wildman–Crippen LogP) is 0.0411. The van der Waals surface area contributed by atoms with E-state index in [0.29, 0.717) is 24.9 Å². The Bertz CT molecular complexity index is 204. The minimum absolute atomic E-state index is 0.158. The molecule has 1 N–H and O–H groups in total. The van der Waals surface area contributed by atoms with Gasteiger partial charge in [-0.15, -0.1) is 0 Å². The molecule has 0 bridgehead atoms. The van der Waals surface area contributed by atoms with Gasteiger partial charge < -0.3 is 14.8 Å². The number of hydrogen-bond donors (Lipinski definition) is 1. The Labute approximate surface area is 63.8 Å². The maximum atomic E-state index is 10.4. The van der Waals surface area contributed by atoms with Gasteiger partial charge in [0.25, 0.3) is 0 Å². The largest absolute Gasteiger partial charge is 0.465 e. The van der Waals surface area contributed by atoms with Crippen molar-refractivity contribution in [3.05, 3.63) is 0 Å². The van der Waals surface area contributed by atoms with Gasteiger partial charge in [0.15, 0.2) is 0 Å².